The van der Waals surface area contributed by atoms with Gasteiger partial charge in [-0.15, -0.1) is 0 Å². The molecular weight excluding hydrogens is 444 g/mol. The molecule has 0 saturated carbocycles. The van der Waals surface area contributed by atoms with E-state index < -0.39 is 5.97 Å². The van der Waals surface area contributed by atoms with E-state index in [4.69, 9.17) is 13.9 Å². The molecule has 0 aliphatic rings. The highest BCUT2D eigenvalue weighted by Crippen LogP contribution is 2.36. The maximum absolute atomic E-state index is 12.1. The second kappa shape index (κ2) is 11.0. The second-order valence-electron chi connectivity index (χ2n) is 10.2. The number of ether oxygens (including phenoxy) is 2. The lowest BCUT2D eigenvalue weighted by Gasteiger charge is -2.33. The van der Waals surface area contributed by atoms with Gasteiger partial charge in [0.2, 0.25) is 5.76 Å². The molecule has 2 aromatic carbocycles. The van der Waals surface area contributed by atoms with Crippen LogP contribution in [0.15, 0.2) is 76.4 Å². The molecule has 3 aromatic rings. The summed E-state index contributed by atoms with van der Waals surface area (Å²) in [6, 6.07) is 17.7. The van der Waals surface area contributed by atoms with E-state index >= 15 is 0 Å². The Kier molecular flexibility index (Phi) is 8.12. The molecule has 3 rings (SSSR count). The first kappa shape index (κ1) is 25.7. The van der Waals surface area contributed by atoms with Gasteiger partial charge in [0.25, 0.3) is 5.91 Å². The molecule has 1 heterocycles. The lowest BCUT2D eigenvalue weighted by atomic mass is 9.72. The highest BCUT2D eigenvalue weighted by atomic mass is 16.5. The molecule has 1 N–H and O–H groups in total. The third-order valence-corrected chi connectivity index (χ3v) is 5.19. The largest absolute Gasteiger partial charge is 0.484 e. The van der Waals surface area contributed by atoms with Crippen LogP contribution >= 0.6 is 0 Å². The Bertz CT molecular complexity index is 1140. The van der Waals surface area contributed by atoms with E-state index in [9.17, 15) is 9.59 Å². The lowest BCUT2D eigenvalue weighted by molar-refractivity contribution is -0.123. The van der Waals surface area contributed by atoms with Gasteiger partial charge in [0.1, 0.15) is 11.5 Å². The molecule has 0 aliphatic carbocycles. The highest BCUT2D eigenvalue weighted by Gasteiger charge is 2.27. The molecule has 0 spiro atoms. The molecule has 0 atom stereocenters. The first-order chi connectivity index (χ1) is 16.5. The lowest BCUT2D eigenvalue weighted by Crippen LogP contribution is -2.25. The average molecular weight is 477 g/mol. The van der Waals surface area contributed by atoms with E-state index in [2.05, 4.69) is 45.1 Å². The third-order valence-electron chi connectivity index (χ3n) is 5.19. The third kappa shape index (κ3) is 8.14. The SMILES string of the molecule is CC(C)(C)CC(C)(C)c1ccc(OCC(=O)N/N=C/c2ccc(OC(=O)c3ccco3)cc2)cc1. The maximum Gasteiger partial charge on any atom is 0.379 e. The monoisotopic (exact) mass is 476 g/mol. The molecule has 1 amide bonds. The van der Waals surface area contributed by atoms with Crippen molar-refractivity contribution >= 4 is 18.1 Å². The van der Waals surface area contributed by atoms with E-state index in [1.165, 1.54) is 24.1 Å². The van der Waals surface area contributed by atoms with Crippen LogP contribution < -0.4 is 14.9 Å². The van der Waals surface area contributed by atoms with Crippen molar-refractivity contribution in [3.8, 4) is 11.5 Å². The molecule has 0 aliphatic heterocycles. The smallest absolute Gasteiger partial charge is 0.379 e. The summed E-state index contributed by atoms with van der Waals surface area (Å²) in [4.78, 5) is 23.9. The Morgan fingerprint density at radius 1 is 0.943 bits per heavy atom. The summed E-state index contributed by atoms with van der Waals surface area (Å²) in [5.74, 6) is 0.170. The second-order valence-corrected chi connectivity index (χ2v) is 10.2. The fourth-order valence-electron chi connectivity index (χ4n) is 3.96. The van der Waals surface area contributed by atoms with Gasteiger partial charge in [-0.2, -0.15) is 5.10 Å². The van der Waals surface area contributed by atoms with Crippen molar-refractivity contribution in [1.82, 2.24) is 5.43 Å². The predicted molar refractivity (Wildman–Crippen MR) is 135 cm³/mol. The van der Waals surface area contributed by atoms with Crippen molar-refractivity contribution in [1.29, 1.82) is 0 Å². The zero-order chi connectivity index (χ0) is 25.5. The van der Waals surface area contributed by atoms with Crippen molar-refractivity contribution < 1.29 is 23.5 Å². The summed E-state index contributed by atoms with van der Waals surface area (Å²) in [5, 5.41) is 3.94. The number of carbonyl (C=O) groups excluding carboxylic acids is 2. The maximum atomic E-state index is 12.1. The highest BCUT2D eigenvalue weighted by molar-refractivity contribution is 5.88. The minimum Gasteiger partial charge on any atom is -0.484 e. The van der Waals surface area contributed by atoms with Gasteiger partial charge in [-0.1, -0.05) is 46.8 Å². The fraction of sp³-hybridized carbons (Fsp3) is 0.321. The number of nitrogens with zero attached hydrogens (tertiary/aromatic N) is 1. The van der Waals surface area contributed by atoms with Gasteiger partial charge in [0, 0.05) is 0 Å². The number of hydrogen-bond acceptors (Lipinski definition) is 6. The molecule has 0 bridgehead atoms. The normalized spacial score (nSPS) is 11.9. The number of nitrogens with one attached hydrogen (secondary N) is 1. The van der Waals surface area contributed by atoms with Crippen molar-refractivity contribution in [2.75, 3.05) is 6.61 Å². The summed E-state index contributed by atoms with van der Waals surface area (Å²) in [6.45, 7) is 11.0. The van der Waals surface area contributed by atoms with E-state index in [-0.39, 0.29) is 29.1 Å². The Morgan fingerprint density at radius 3 is 2.20 bits per heavy atom. The number of furan rings is 1. The summed E-state index contributed by atoms with van der Waals surface area (Å²) >= 11 is 0. The molecule has 0 unspecified atom stereocenters. The van der Waals surface area contributed by atoms with Crippen LogP contribution in [0.25, 0.3) is 0 Å². The van der Waals surface area contributed by atoms with Gasteiger partial charge < -0.3 is 13.9 Å². The summed E-state index contributed by atoms with van der Waals surface area (Å²) in [6.07, 6.45) is 3.95. The number of hydrazone groups is 1. The van der Waals surface area contributed by atoms with Crippen LogP contribution in [0.4, 0.5) is 0 Å². The minimum atomic E-state index is -0.577. The number of rotatable bonds is 9. The van der Waals surface area contributed by atoms with Gasteiger partial charge in [-0.05, 0) is 76.9 Å². The van der Waals surface area contributed by atoms with Crippen molar-refractivity contribution in [3.63, 3.8) is 0 Å². The topological polar surface area (TPSA) is 90.1 Å². The number of carbonyl (C=O) groups is 2. The van der Waals surface area contributed by atoms with Crippen LogP contribution in [0.1, 0.15) is 62.7 Å². The van der Waals surface area contributed by atoms with E-state index in [1.807, 2.05) is 24.3 Å². The van der Waals surface area contributed by atoms with Crippen LogP contribution in [0.5, 0.6) is 11.5 Å². The number of benzene rings is 2. The van der Waals surface area contributed by atoms with Crippen molar-refractivity contribution in [2.45, 2.75) is 46.5 Å². The Morgan fingerprint density at radius 2 is 1.60 bits per heavy atom. The Hall–Kier alpha value is -3.87. The van der Waals surface area contributed by atoms with Gasteiger partial charge >= 0.3 is 5.97 Å². The van der Waals surface area contributed by atoms with Crippen LogP contribution in [0.2, 0.25) is 0 Å². The molecule has 7 heteroatoms. The fourth-order valence-corrected chi connectivity index (χ4v) is 3.96. The molecular formula is C28H32N2O5. The molecule has 0 saturated heterocycles. The zero-order valence-electron chi connectivity index (χ0n) is 20.8. The summed E-state index contributed by atoms with van der Waals surface area (Å²) in [5.41, 5.74) is 4.66. The quantitative estimate of drug-likeness (QED) is 0.184. The predicted octanol–water partition coefficient (Wildman–Crippen LogP) is 5.74. The Labute approximate surface area is 206 Å². The number of amides is 1. The van der Waals surface area contributed by atoms with Gasteiger partial charge in [-0.3, -0.25) is 4.79 Å². The first-order valence-corrected chi connectivity index (χ1v) is 11.4. The van der Waals surface area contributed by atoms with E-state index in [1.54, 1.807) is 30.3 Å². The van der Waals surface area contributed by atoms with Crippen LogP contribution in [0, 0.1) is 5.41 Å². The molecule has 0 radical (unpaired) electrons. The molecule has 184 valence electrons. The average Bonchev–Trinajstić information content (AvgIpc) is 3.33. The summed E-state index contributed by atoms with van der Waals surface area (Å²) < 4.78 is 15.8. The summed E-state index contributed by atoms with van der Waals surface area (Å²) in [7, 11) is 0. The van der Waals surface area contributed by atoms with E-state index in [0.717, 1.165) is 12.0 Å². The van der Waals surface area contributed by atoms with Crippen molar-refractivity contribution in [3.05, 3.63) is 83.8 Å². The van der Waals surface area contributed by atoms with Gasteiger partial charge in [-0.25, -0.2) is 10.2 Å². The number of hydrogen-bond donors (Lipinski definition) is 1. The number of esters is 1. The first-order valence-electron chi connectivity index (χ1n) is 11.4. The van der Waals surface area contributed by atoms with Gasteiger partial charge in [0.15, 0.2) is 6.61 Å². The standard InChI is InChI=1S/C28H32N2O5/c1-27(2,3)19-28(4,5)21-10-14-22(15-11-21)34-18-25(31)30-29-17-20-8-12-23(13-9-20)35-26(32)24-7-6-16-33-24/h6-17H,18-19H2,1-5H3,(H,30,31)/b29-17+. The van der Waals surface area contributed by atoms with E-state index in [0.29, 0.717) is 11.5 Å². The van der Waals surface area contributed by atoms with Crippen LogP contribution in [-0.4, -0.2) is 24.7 Å². The van der Waals surface area contributed by atoms with Crippen LogP contribution in [0.3, 0.4) is 0 Å². The molecule has 1 aromatic heterocycles. The van der Waals surface area contributed by atoms with Crippen molar-refractivity contribution in [2.24, 2.45) is 10.5 Å². The molecule has 0 fully saturated rings. The van der Waals surface area contributed by atoms with Gasteiger partial charge in [0.05, 0.1) is 12.5 Å². The molecule has 35 heavy (non-hydrogen) atoms. The zero-order valence-corrected chi connectivity index (χ0v) is 20.8. The molecule has 7 nitrogen and oxygen atoms in total. The Balaban J connectivity index is 1.44. The minimum absolute atomic E-state index is 0.0438. The van der Waals surface area contributed by atoms with Crippen LogP contribution in [-0.2, 0) is 10.2 Å².